The number of hydrogen-bond donors (Lipinski definition) is 0. The van der Waals surface area contributed by atoms with E-state index in [2.05, 4.69) is 4.98 Å². The van der Waals surface area contributed by atoms with Gasteiger partial charge in [0, 0.05) is 38.1 Å². The Morgan fingerprint density at radius 2 is 1.94 bits per heavy atom. The highest BCUT2D eigenvalue weighted by Crippen LogP contribution is 2.23. The third kappa shape index (κ3) is 2.51. The number of pyridine rings is 1. The SMILES string of the molecule is CN(C)c1cccc(Oc2ccccn2)c1. The van der Waals surface area contributed by atoms with Crippen LogP contribution in [0.25, 0.3) is 0 Å². The van der Waals surface area contributed by atoms with Crippen molar-refractivity contribution in [3.63, 3.8) is 0 Å². The predicted octanol–water partition coefficient (Wildman–Crippen LogP) is 2.94. The zero-order valence-corrected chi connectivity index (χ0v) is 9.42. The Morgan fingerprint density at radius 1 is 1.06 bits per heavy atom. The second kappa shape index (κ2) is 4.66. The first-order valence-corrected chi connectivity index (χ1v) is 5.12. The maximum atomic E-state index is 5.63. The molecule has 2 aromatic rings. The largest absolute Gasteiger partial charge is 0.439 e. The average molecular weight is 214 g/mol. The Morgan fingerprint density at radius 3 is 2.62 bits per heavy atom. The molecule has 2 rings (SSSR count). The highest BCUT2D eigenvalue weighted by molar-refractivity contribution is 5.49. The van der Waals surface area contributed by atoms with Crippen LogP contribution in [0.15, 0.2) is 48.7 Å². The number of nitrogens with zero attached hydrogens (tertiary/aromatic N) is 2. The van der Waals surface area contributed by atoms with Crippen molar-refractivity contribution >= 4 is 5.69 Å². The lowest BCUT2D eigenvalue weighted by Crippen LogP contribution is -2.08. The molecular weight excluding hydrogens is 200 g/mol. The maximum Gasteiger partial charge on any atom is 0.219 e. The second-order valence-electron chi connectivity index (χ2n) is 3.66. The van der Waals surface area contributed by atoms with Crippen LogP contribution in [-0.2, 0) is 0 Å². The van der Waals surface area contributed by atoms with E-state index in [1.807, 2.05) is 61.5 Å². The first-order valence-electron chi connectivity index (χ1n) is 5.12. The van der Waals surface area contributed by atoms with E-state index in [9.17, 15) is 0 Å². The Labute approximate surface area is 95.3 Å². The van der Waals surface area contributed by atoms with E-state index in [1.165, 1.54) is 0 Å². The van der Waals surface area contributed by atoms with Gasteiger partial charge in [0.1, 0.15) is 5.75 Å². The Balaban J connectivity index is 2.19. The van der Waals surface area contributed by atoms with E-state index in [0.717, 1.165) is 11.4 Å². The minimum atomic E-state index is 0.610. The Hall–Kier alpha value is -2.03. The zero-order chi connectivity index (χ0) is 11.4. The van der Waals surface area contributed by atoms with Gasteiger partial charge in [-0.15, -0.1) is 0 Å². The Bertz CT molecular complexity index is 454. The average Bonchev–Trinajstić information content (AvgIpc) is 2.30. The molecule has 0 radical (unpaired) electrons. The van der Waals surface area contributed by atoms with Gasteiger partial charge in [0.2, 0.25) is 5.88 Å². The number of benzene rings is 1. The molecule has 0 fully saturated rings. The standard InChI is InChI=1S/C13H14N2O/c1-15(2)11-6-5-7-12(10-11)16-13-8-3-4-9-14-13/h3-10H,1-2H3. The van der Waals surface area contributed by atoms with Crippen LogP contribution in [-0.4, -0.2) is 19.1 Å². The monoisotopic (exact) mass is 214 g/mol. The molecule has 1 heterocycles. The molecule has 3 heteroatoms. The van der Waals surface area contributed by atoms with Crippen molar-refractivity contribution in [1.29, 1.82) is 0 Å². The van der Waals surface area contributed by atoms with Crippen LogP contribution in [0, 0.1) is 0 Å². The van der Waals surface area contributed by atoms with Gasteiger partial charge in [-0.05, 0) is 18.2 Å². The lowest BCUT2D eigenvalue weighted by atomic mass is 10.3. The lowest BCUT2D eigenvalue weighted by Gasteiger charge is -2.13. The molecule has 3 nitrogen and oxygen atoms in total. The molecule has 0 unspecified atom stereocenters. The fraction of sp³-hybridized carbons (Fsp3) is 0.154. The van der Waals surface area contributed by atoms with Crippen LogP contribution in [0.2, 0.25) is 0 Å². The molecule has 0 saturated heterocycles. The van der Waals surface area contributed by atoms with Crippen LogP contribution in [0.3, 0.4) is 0 Å². The molecule has 0 N–H and O–H groups in total. The maximum absolute atomic E-state index is 5.63. The molecule has 0 aliphatic heterocycles. The highest BCUT2D eigenvalue weighted by atomic mass is 16.5. The van der Waals surface area contributed by atoms with Gasteiger partial charge in [0.15, 0.2) is 0 Å². The van der Waals surface area contributed by atoms with Crippen molar-refractivity contribution in [2.75, 3.05) is 19.0 Å². The van der Waals surface area contributed by atoms with E-state index >= 15 is 0 Å². The van der Waals surface area contributed by atoms with Gasteiger partial charge < -0.3 is 9.64 Å². The number of anilines is 1. The normalized spacial score (nSPS) is 9.88. The van der Waals surface area contributed by atoms with E-state index in [4.69, 9.17) is 4.74 Å². The summed E-state index contributed by atoms with van der Waals surface area (Å²) < 4.78 is 5.63. The molecule has 0 saturated carbocycles. The van der Waals surface area contributed by atoms with Crippen molar-refractivity contribution in [3.8, 4) is 11.6 Å². The molecule has 16 heavy (non-hydrogen) atoms. The molecule has 0 aliphatic rings. The summed E-state index contributed by atoms with van der Waals surface area (Å²) in [5.41, 5.74) is 1.11. The zero-order valence-electron chi connectivity index (χ0n) is 9.42. The van der Waals surface area contributed by atoms with Gasteiger partial charge in [0.05, 0.1) is 0 Å². The summed E-state index contributed by atoms with van der Waals surface area (Å²) in [5, 5.41) is 0. The lowest BCUT2D eigenvalue weighted by molar-refractivity contribution is 0.463. The molecule has 0 atom stereocenters. The third-order valence-corrected chi connectivity index (χ3v) is 2.19. The van der Waals surface area contributed by atoms with Crippen LogP contribution in [0.1, 0.15) is 0 Å². The summed E-state index contributed by atoms with van der Waals surface area (Å²) in [6.07, 6.45) is 1.71. The van der Waals surface area contributed by atoms with Gasteiger partial charge in [-0.2, -0.15) is 0 Å². The fourth-order valence-corrected chi connectivity index (χ4v) is 1.35. The van der Waals surface area contributed by atoms with Crippen LogP contribution < -0.4 is 9.64 Å². The summed E-state index contributed by atoms with van der Waals surface area (Å²) in [4.78, 5) is 6.15. The first-order chi connectivity index (χ1) is 7.75. The summed E-state index contributed by atoms with van der Waals surface area (Å²) in [7, 11) is 4.00. The Kier molecular flexibility index (Phi) is 3.05. The van der Waals surface area contributed by atoms with Crippen LogP contribution in [0.4, 0.5) is 5.69 Å². The molecule has 1 aromatic heterocycles. The number of ether oxygens (including phenoxy) is 1. The predicted molar refractivity (Wildman–Crippen MR) is 65.1 cm³/mol. The van der Waals surface area contributed by atoms with E-state index < -0.39 is 0 Å². The fourth-order valence-electron chi connectivity index (χ4n) is 1.35. The van der Waals surface area contributed by atoms with E-state index in [-0.39, 0.29) is 0 Å². The van der Waals surface area contributed by atoms with Crippen molar-refractivity contribution < 1.29 is 4.74 Å². The van der Waals surface area contributed by atoms with Crippen LogP contribution in [0.5, 0.6) is 11.6 Å². The second-order valence-corrected chi connectivity index (χ2v) is 3.66. The summed E-state index contributed by atoms with van der Waals surface area (Å²) in [5.74, 6) is 1.41. The summed E-state index contributed by atoms with van der Waals surface area (Å²) >= 11 is 0. The molecule has 0 amide bonds. The van der Waals surface area contributed by atoms with Gasteiger partial charge in [-0.3, -0.25) is 0 Å². The minimum absolute atomic E-state index is 0.610. The van der Waals surface area contributed by atoms with Crippen LogP contribution >= 0.6 is 0 Å². The quantitative estimate of drug-likeness (QED) is 0.785. The molecule has 0 aliphatic carbocycles. The molecular formula is C13H14N2O. The third-order valence-electron chi connectivity index (χ3n) is 2.19. The van der Waals surface area contributed by atoms with Gasteiger partial charge >= 0.3 is 0 Å². The van der Waals surface area contributed by atoms with Crippen molar-refractivity contribution in [2.45, 2.75) is 0 Å². The smallest absolute Gasteiger partial charge is 0.219 e. The number of aromatic nitrogens is 1. The molecule has 82 valence electrons. The molecule has 1 aromatic carbocycles. The minimum Gasteiger partial charge on any atom is -0.439 e. The molecule has 0 bridgehead atoms. The highest BCUT2D eigenvalue weighted by Gasteiger charge is 2.00. The molecule has 0 spiro atoms. The van der Waals surface area contributed by atoms with Crippen molar-refractivity contribution in [2.24, 2.45) is 0 Å². The first kappa shape index (κ1) is 10.5. The van der Waals surface area contributed by atoms with Crippen molar-refractivity contribution in [3.05, 3.63) is 48.7 Å². The van der Waals surface area contributed by atoms with E-state index in [1.54, 1.807) is 6.20 Å². The van der Waals surface area contributed by atoms with E-state index in [0.29, 0.717) is 5.88 Å². The van der Waals surface area contributed by atoms with Gasteiger partial charge in [0.25, 0.3) is 0 Å². The van der Waals surface area contributed by atoms with Gasteiger partial charge in [-0.1, -0.05) is 12.1 Å². The summed E-state index contributed by atoms with van der Waals surface area (Å²) in [6.45, 7) is 0. The summed E-state index contributed by atoms with van der Waals surface area (Å²) in [6, 6.07) is 13.5. The topological polar surface area (TPSA) is 25.4 Å². The van der Waals surface area contributed by atoms with Gasteiger partial charge in [-0.25, -0.2) is 4.98 Å². The van der Waals surface area contributed by atoms with Crippen molar-refractivity contribution in [1.82, 2.24) is 4.98 Å². The number of hydrogen-bond acceptors (Lipinski definition) is 3. The number of rotatable bonds is 3.